The fourth-order valence-corrected chi connectivity index (χ4v) is 2.82. The molecule has 0 aromatic carbocycles. The maximum atomic E-state index is 12.9. The Morgan fingerprint density at radius 3 is 1.77 bits per heavy atom. The second-order valence-electron chi connectivity index (χ2n) is 7.60. The first-order chi connectivity index (χ1) is 14.4. The summed E-state index contributed by atoms with van der Waals surface area (Å²) in [7, 11) is 0. The number of carbonyl (C=O) groups is 5. The molecule has 0 rings (SSSR count). The molecule has 11 nitrogen and oxygen atoms in total. The Morgan fingerprint density at radius 2 is 1.35 bits per heavy atom. The molecule has 0 heterocycles. The molecular weight excluding hydrogens is 426 g/mol. The van der Waals surface area contributed by atoms with Crippen LogP contribution in [0.2, 0.25) is 0 Å². The third-order valence-corrected chi connectivity index (χ3v) is 5.54. The minimum absolute atomic E-state index is 0.0690. The van der Waals surface area contributed by atoms with Gasteiger partial charge in [0, 0.05) is 5.75 Å². The Kier molecular flexibility index (Phi) is 12.8. The van der Waals surface area contributed by atoms with Gasteiger partial charge in [-0.25, -0.2) is 4.79 Å². The van der Waals surface area contributed by atoms with Crippen molar-refractivity contribution < 1.29 is 29.1 Å². The van der Waals surface area contributed by atoms with Crippen LogP contribution in [-0.2, 0) is 24.0 Å². The first-order valence-corrected chi connectivity index (χ1v) is 10.8. The molecule has 0 saturated heterocycles. The minimum Gasteiger partial charge on any atom is -0.480 e. The molecule has 0 aliphatic heterocycles. The summed E-state index contributed by atoms with van der Waals surface area (Å²) in [5.41, 5.74) is 10.8. The van der Waals surface area contributed by atoms with Crippen molar-refractivity contribution in [3.8, 4) is 0 Å². The molecule has 0 aromatic heterocycles. The van der Waals surface area contributed by atoms with Gasteiger partial charge in [0.2, 0.25) is 23.6 Å². The lowest BCUT2D eigenvalue weighted by molar-refractivity contribution is -0.144. The van der Waals surface area contributed by atoms with Gasteiger partial charge in [-0.2, -0.15) is 12.6 Å². The van der Waals surface area contributed by atoms with E-state index in [2.05, 4.69) is 28.6 Å². The van der Waals surface area contributed by atoms with E-state index in [1.165, 1.54) is 0 Å². The average Bonchev–Trinajstić information content (AvgIpc) is 2.72. The van der Waals surface area contributed by atoms with Crippen molar-refractivity contribution in [2.75, 3.05) is 5.75 Å². The molecule has 6 unspecified atom stereocenters. The smallest absolute Gasteiger partial charge is 0.326 e. The molecule has 0 fully saturated rings. The summed E-state index contributed by atoms with van der Waals surface area (Å²) >= 11 is 3.96. The van der Waals surface area contributed by atoms with Crippen molar-refractivity contribution >= 4 is 42.2 Å². The van der Waals surface area contributed by atoms with Crippen LogP contribution in [0.3, 0.4) is 0 Å². The normalized spacial score (nSPS) is 16.7. The number of rotatable bonds is 14. The molecule has 4 amide bonds. The second kappa shape index (κ2) is 13.9. The van der Waals surface area contributed by atoms with E-state index in [4.69, 9.17) is 11.5 Å². The van der Waals surface area contributed by atoms with Crippen LogP contribution in [0.5, 0.6) is 0 Å². The average molecular weight is 462 g/mol. The van der Waals surface area contributed by atoms with Gasteiger partial charge in [0.1, 0.15) is 18.1 Å². The standard InChI is InChI=1S/C19H35N5O6S/c1-5-9(3)14(23-16(26)11(20)8-31)18(28)22-12(7-13(21)25)17(27)24-15(19(29)30)10(4)6-2/h9-12,14-15,31H,5-8,20H2,1-4H3,(H2,21,25)(H,22,28)(H,23,26)(H,24,27)(H,29,30). The maximum Gasteiger partial charge on any atom is 0.326 e. The molecule has 0 aliphatic carbocycles. The lowest BCUT2D eigenvalue weighted by Crippen LogP contribution is -2.59. The van der Waals surface area contributed by atoms with Crippen LogP contribution in [-0.4, -0.2) is 64.6 Å². The summed E-state index contributed by atoms with van der Waals surface area (Å²) in [4.78, 5) is 60.6. The van der Waals surface area contributed by atoms with E-state index in [-0.39, 0.29) is 17.6 Å². The topological polar surface area (TPSA) is 194 Å². The molecule has 178 valence electrons. The third kappa shape index (κ3) is 9.55. The summed E-state index contributed by atoms with van der Waals surface area (Å²) in [5, 5.41) is 16.7. The third-order valence-electron chi connectivity index (χ3n) is 5.14. The van der Waals surface area contributed by atoms with Gasteiger partial charge < -0.3 is 32.5 Å². The van der Waals surface area contributed by atoms with Crippen LogP contribution >= 0.6 is 12.6 Å². The molecule has 0 aliphatic rings. The fraction of sp³-hybridized carbons (Fsp3) is 0.737. The number of carboxylic acid groups (broad SMARTS) is 1. The number of carboxylic acids is 1. The summed E-state index contributed by atoms with van der Waals surface area (Å²) in [5.74, 6) is -4.91. The van der Waals surface area contributed by atoms with Gasteiger partial charge in [-0.15, -0.1) is 0 Å². The van der Waals surface area contributed by atoms with Crippen LogP contribution < -0.4 is 27.4 Å². The molecule has 0 radical (unpaired) electrons. The van der Waals surface area contributed by atoms with E-state index in [1.807, 2.05) is 6.92 Å². The molecule has 0 spiro atoms. The van der Waals surface area contributed by atoms with Gasteiger partial charge >= 0.3 is 5.97 Å². The van der Waals surface area contributed by atoms with E-state index < -0.39 is 60.2 Å². The zero-order chi connectivity index (χ0) is 24.3. The van der Waals surface area contributed by atoms with Crippen LogP contribution in [0.4, 0.5) is 0 Å². The van der Waals surface area contributed by atoms with Gasteiger partial charge in [0.25, 0.3) is 0 Å². The van der Waals surface area contributed by atoms with Gasteiger partial charge in [0.15, 0.2) is 0 Å². The Balaban J connectivity index is 5.59. The number of thiol groups is 1. The number of carbonyl (C=O) groups excluding carboxylic acids is 4. The molecule has 6 atom stereocenters. The SMILES string of the molecule is CCC(C)C(NC(=O)C(CC(N)=O)NC(=O)C(NC(=O)C(N)CS)C(C)CC)C(=O)O. The Bertz CT molecular complexity index is 662. The molecule has 0 bridgehead atoms. The zero-order valence-corrected chi connectivity index (χ0v) is 19.3. The van der Waals surface area contributed by atoms with Crippen molar-refractivity contribution in [3.63, 3.8) is 0 Å². The first-order valence-electron chi connectivity index (χ1n) is 10.2. The number of nitrogens with two attached hydrogens (primary N) is 2. The highest BCUT2D eigenvalue weighted by molar-refractivity contribution is 7.80. The van der Waals surface area contributed by atoms with Crippen LogP contribution in [0.15, 0.2) is 0 Å². The quantitative estimate of drug-likeness (QED) is 0.157. The Morgan fingerprint density at radius 1 is 0.871 bits per heavy atom. The van der Waals surface area contributed by atoms with Crippen molar-refractivity contribution in [2.24, 2.45) is 23.3 Å². The molecular formula is C19H35N5O6S. The molecule has 0 saturated carbocycles. The maximum absolute atomic E-state index is 12.9. The molecule has 0 aromatic rings. The monoisotopic (exact) mass is 461 g/mol. The lowest BCUT2D eigenvalue weighted by atomic mass is 9.96. The van der Waals surface area contributed by atoms with E-state index >= 15 is 0 Å². The van der Waals surface area contributed by atoms with Gasteiger partial charge in [-0.3, -0.25) is 19.2 Å². The lowest BCUT2D eigenvalue weighted by Gasteiger charge is -2.28. The number of amides is 4. The number of hydrogen-bond acceptors (Lipinski definition) is 7. The van der Waals surface area contributed by atoms with Crippen LogP contribution in [0.1, 0.15) is 47.0 Å². The van der Waals surface area contributed by atoms with Crippen molar-refractivity contribution in [3.05, 3.63) is 0 Å². The number of aliphatic carboxylic acids is 1. The summed E-state index contributed by atoms with van der Waals surface area (Å²) in [6.07, 6.45) is 0.468. The molecule has 12 heteroatoms. The predicted molar refractivity (Wildman–Crippen MR) is 118 cm³/mol. The zero-order valence-electron chi connectivity index (χ0n) is 18.4. The van der Waals surface area contributed by atoms with Gasteiger partial charge in [-0.1, -0.05) is 40.5 Å². The van der Waals surface area contributed by atoms with E-state index in [0.717, 1.165) is 0 Å². The van der Waals surface area contributed by atoms with Crippen LogP contribution in [0, 0.1) is 11.8 Å². The largest absolute Gasteiger partial charge is 0.480 e. The fourth-order valence-electron chi connectivity index (χ4n) is 2.65. The van der Waals surface area contributed by atoms with E-state index in [9.17, 15) is 29.1 Å². The highest BCUT2D eigenvalue weighted by atomic mass is 32.1. The number of nitrogens with one attached hydrogen (secondary N) is 3. The highest BCUT2D eigenvalue weighted by Crippen LogP contribution is 2.11. The first kappa shape index (κ1) is 28.7. The number of primary amides is 1. The Labute approximate surface area is 187 Å². The van der Waals surface area contributed by atoms with Gasteiger partial charge in [-0.05, 0) is 11.8 Å². The highest BCUT2D eigenvalue weighted by Gasteiger charge is 2.34. The molecule has 8 N–H and O–H groups in total. The Hall–Kier alpha value is -2.34. The predicted octanol–water partition coefficient (Wildman–Crippen LogP) is -1.25. The molecule has 31 heavy (non-hydrogen) atoms. The summed E-state index contributed by atoms with van der Waals surface area (Å²) in [6, 6.07) is -4.57. The van der Waals surface area contributed by atoms with Crippen molar-refractivity contribution in [1.82, 2.24) is 16.0 Å². The van der Waals surface area contributed by atoms with E-state index in [0.29, 0.717) is 12.8 Å². The number of hydrogen-bond donors (Lipinski definition) is 7. The van der Waals surface area contributed by atoms with Gasteiger partial charge in [0.05, 0.1) is 12.5 Å². The van der Waals surface area contributed by atoms with Crippen molar-refractivity contribution in [1.29, 1.82) is 0 Å². The second-order valence-corrected chi connectivity index (χ2v) is 7.97. The van der Waals surface area contributed by atoms with E-state index in [1.54, 1.807) is 20.8 Å². The summed E-state index contributed by atoms with van der Waals surface area (Å²) in [6.45, 7) is 6.96. The summed E-state index contributed by atoms with van der Waals surface area (Å²) < 4.78 is 0. The van der Waals surface area contributed by atoms with Crippen molar-refractivity contribution in [2.45, 2.75) is 71.1 Å². The van der Waals surface area contributed by atoms with Crippen LogP contribution in [0.25, 0.3) is 0 Å². The minimum atomic E-state index is -1.40.